The number of hydrogen-bond acceptors (Lipinski definition) is 2. The molecule has 110 valence electrons. The molecule has 0 saturated carbocycles. The summed E-state index contributed by atoms with van der Waals surface area (Å²) in [4.78, 5) is 25.1. The highest BCUT2D eigenvalue weighted by molar-refractivity contribution is 5.77. The molecular weight excluding hydrogens is 242 g/mol. The van der Waals surface area contributed by atoms with Crippen LogP contribution in [0.25, 0.3) is 0 Å². The van der Waals surface area contributed by atoms with Gasteiger partial charge in [0.2, 0.25) is 5.91 Å². The van der Waals surface area contributed by atoms with E-state index >= 15 is 0 Å². The zero-order valence-corrected chi connectivity index (χ0v) is 12.6. The van der Waals surface area contributed by atoms with Crippen molar-refractivity contribution < 1.29 is 14.7 Å². The molecule has 0 aliphatic carbocycles. The van der Waals surface area contributed by atoms with E-state index < -0.39 is 5.97 Å². The van der Waals surface area contributed by atoms with Gasteiger partial charge in [-0.1, -0.05) is 27.7 Å². The maximum absolute atomic E-state index is 12.2. The number of amides is 1. The Morgan fingerprint density at radius 2 is 1.95 bits per heavy atom. The number of hydrogen-bond donors (Lipinski definition) is 1. The van der Waals surface area contributed by atoms with Gasteiger partial charge in [0.15, 0.2) is 0 Å². The molecule has 1 aliphatic heterocycles. The lowest BCUT2D eigenvalue weighted by Crippen LogP contribution is -2.45. The van der Waals surface area contributed by atoms with E-state index in [4.69, 9.17) is 5.11 Å². The van der Waals surface area contributed by atoms with Crippen molar-refractivity contribution in [2.75, 3.05) is 13.1 Å². The minimum atomic E-state index is -0.729. The Kier molecular flexibility index (Phi) is 5.83. The number of nitrogens with zero attached hydrogens (tertiary/aromatic N) is 1. The molecule has 4 nitrogen and oxygen atoms in total. The second kappa shape index (κ2) is 6.92. The zero-order chi connectivity index (χ0) is 14.6. The smallest absolute Gasteiger partial charge is 0.306 e. The molecule has 0 radical (unpaired) electrons. The Hall–Kier alpha value is -1.06. The molecule has 0 aromatic rings. The molecule has 3 unspecified atom stereocenters. The van der Waals surface area contributed by atoms with Crippen molar-refractivity contribution in [3.63, 3.8) is 0 Å². The maximum Gasteiger partial charge on any atom is 0.306 e. The van der Waals surface area contributed by atoms with Crippen LogP contribution in [-0.2, 0) is 9.59 Å². The standard InChI is InChI=1S/C15H27NO3/c1-10(2)7-11(3)8-14(17)16-6-5-13(15(18)19)12(4)9-16/h10-13H,5-9H2,1-4H3,(H,18,19). The summed E-state index contributed by atoms with van der Waals surface area (Å²) in [5.41, 5.74) is 0. The molecule has 1 N–H and O–H groups in total. The van der Waals surface area contributed by atoms with E-state index in [1.54, 1.807) is 0 Å². The molecule has 1 heterocycles. The second-order valence-electron chi connectivity index (χ2n) is 6.49. The first kappa shape index (κ1) is 16.0. The SMILES string of the molecule is CC(C)CC(C)CC(=O)N1CCC(C(=O)O)C(C)C1. The van der Waals surface area contributed by atoms with Gasteiger partial charge in [0.1, 0.15) is 0 Å². The summed E-state index contributed by atoms with van der Waals surface area (Å²) in [6, 6.07) is 0. The van der Waals surface area contributed by atoms with Crippen molar-refractivity contribution in [2.45, 2.75) is 47.0 Å². The van der Waals surface area contributed by atoms with Crippen molar-refractivity contribution in [2.24, 2.45) is 23.7 Å². The summed E-state index contributed by atoms with van der Waals surface area (Å²) < 4.78 is 0. The number of likely N-dealkylation sites (tertiary alicyclic amines) is 1. The molecule has 3 atom stereocenters. The van der Waals surface area contributed by atoms with E-state index in [1.807, 2.05) is 11.8 Å². The maximum atomic E-state index is 12.2. The van der Waals surface area contributed by atoms with Crippen molar-refractivity contribution in [1.82, 2.24) is 4.90 Å². The van der Waals surface area contributed by atoms with Crippen LogP contribution in [0.15, 0.2) is 0 Å². The number of aliphatic carboxylic acids is 1. The van der Waals surface area contributed by atoms with Crippen molar-refractivity contribution in [3.8, 4) is 0 Å². The van der Waals surface area contributed by atoms with Crippen LogP contribution in [0.5, 0.6) is 0 Å². The molecule has 0 spiro atoms. The molecule has 1 fully saturated rings. The molecule has 1 saturated heterocycles. The summed E-state index contributed by atoms with van der Waals surface area (Å²) in [7, 11) is 0. The van der Waals surface area contributed by atoms with Gasteiger partial charge >= 0.3 is 5.97 Å². The highest BCUT2D eigenvalue weighted by Crippen LogP contribution is 2.25. The average Bonchev–Trinajstić information content (AvgIpc) is 2.26. The van der Waals surface area contributed by atoms with E-state index in [2.05, 4.69) is 20.8 Å². The molecule has 1 aliphatic rings. The molecule has 19 heavy (non-hydrogen) atoms. The fourth-order valence-electron chi connectivity index (χ4n) is 3.05. The third-order valence-electron chi connectivity index (χ3n) is 3.97. The van der Waals surface area contributed by atoms with Gasteiger partial charge in [-0.25, -0.2) is 0 Å². The molecule has 1 rings (SSSR count). The Morgan fingerprint density at radius 3 is 2.42 bits per heavy atom. The van der Waals surface area contributed by atoms with Crippen LogP contribution < -0.4 is 0 Å². The molecule has 0 aromatic heterocycles. The van der Waals surface area contributed by atoms with E-state index in [9.17, 15) is 9.59 Å². The quantitative estimate of drug-likeness (QED) is 0.834. The summed E-state index contributed by atoms with van der Waals surface area (Å²) in [6.07, 6.45) is 2.23. The van der Waals surface area contributed by atoms with E-state index in [1.165, 1.54) is 0 Å². The molecule has 0 bridgehead atoms. The summed E-state index contributed by atoms with van der Waals surface area (Å²) >= 11 is 0. The summed E-state index contributed by atoms with van der Waals surface area (Å²) in [5.74, 6) is 0.226. The largest absolute Gasteiger partial charge is 0.481 e. The molecular formula is C15H27NO3. The van der Waals surface area contributed by atoms with Gasteiger partial charge in [-0.15, -0.1) is 0 Å². The second-order valence-corrected chi connectivity index (χ2v) is 6.49. The predicted molar refractivity (Wildman–Crippen MR) is 74.7 cm³/mol. The average molecular weight is 269 g/mol. The van der Waals surface area contributed by atoms with Crippen molar-refractivity contribution >= 4 is 11.9 Å². The Balaban J connectivity index is 2.45. The number of rotatable bonds is 5. The minimum Gasteiger partial charge on any atom is -0.481 e. The first-order valence-corrected chi connectivity index (χ1v) is 7.31. The summed E-state index contributed by atoms with van der Waals surface area (Å²) in [6.45, 7) is 9.56. The van der Waals surface area contributed by atoms with Gasteiger partial charge in [-0.3, -0.25) is 9.59 Å². The topological polar surface area (TPSA) is 57.6 Å². The third kappa shape index (κ3) is 4.84. The van der Waals surface area contributed by atoms with E-state index in [0.29, 0.717) is 37.8 Å². The number of piperidine rings is 1. The van der Waals surface area contributed by atoms with Gasteiger partial charge < -0.3 is 10.0 Å². The summed E-state index contributed by atoms with van der Waals surface area (Å²) in [5, 5.41) is 9.07. The Morgan fingerprint density at radius 1 is 1.32 bits per heavy atom. The lowest BCUT2D eigenvalue weighted by atomic mass is 9.86. The van der Waals surface area contributed by atoms with Crippen LogP contribution in [0.2, 0.25) is 0 Å². The van der Waals surface area contributed by atoms with Crippen LogP contribution in [0, 0.1) is 23.7 Å². The third-order valence-corrected chi connectivity index (χ3v) is 3.97. The zero-order valence-electron chi connectivity index (χ0n) is 12.6. The highest BCUT2D eigenvalue weighted by Gasteiger charge is 2.33. The van der Waals surface area contributed by atoms with Gasteiger partial charge in [-0.05, 0) is 30.6 Å². The number of carbonyl (C=O) groups is 2. The molecule has 0 aromatic carbocycles. The molecule has 4 heteroatoms. The van der Waals surface area contributed by atoms with Crippen LogP contribution in [0.4, 0.5) is 0 Å². The molecule has 1 amide bonds. The lowest BCUT2D eigenvalue weighted by Gasteiger charge is -2.35. The first-order valence-electron chi connectivity index (χ1n) is 7.31. The van der Waals surface area contributed by atoms with Crippen LogP contribution in [-0.4, -0.2) is 35.0 Å². The van der Waals surface area contributed by atoms with Crippen LogP contribution >= 0.6 is 0 Å². The van der Waals surface area contributed by atoms with Gasteiger partial charge in [0.05, 0.1) is 5.92 Å². The predicted octanol–water partition coefficient (Wildman–Crippen LogP) is 2.63. The number of carboxylic acids is 1. The fourth-order valence-corrected chi connectivity index (χ4v) is 3.05. The number of carbonyl (C=O) groups excluding carboxylic acids is 1. The Labute approximate surface area is 116 Å². The monoisotopic (exact) mass is 269 g/mol. The number of carboxylic acid groups (broad SMARTS) is 1. The normalized spacial score (nSPS) is 25.4. The van der Waals surface area contributed by atoms with Gasteiger partial charge in [0.25, 0.3) is 0 Å². The highest BCUT2D eigenvalue weighted by atomic mass is 16.4. The van der Waals surface area contributed by atoms with Gasteiger partial charge in [0, 0.05) is 19.5 Å². The van der Waals surface area contributed by atoms with Crippen molar-refractivity contribution in [3.05, 3.63) is 0 Å². The first-order chi connectivity index (χ1) is 8.81. The minimum absolute atomic E-state index is 0.0515. The Bertz CT molecular complexity index is 327. The van der Waals surface area contributed by atoms with Crippen LogP contribution in [0.3, 0.4) is 0 Å². The van der Waals surface area contributed by atoms with Crippen LogP contribution in [0.1, 0.15) is 47.0 Å². The van der Waals surface area contributed by atoms with Gasteiger partial charge in [-0.2, -0.15) is 0 Å². The van der Waals surface area contributed by atoms with E-state index in [-0.39, 0.29) is 17.7 Å². The fraction of sp³-hybridized carbons (Fsp3) is 0.867. The lowest BCUT2D eigenvalue weighted by molar-refractivity contribution is -0.148. The van der Waals surface area contributed by atoms with E-state index in [0.717, 1.165) is 6.42 Å². The van der Waals surface area contributed by atoms with Crippen molar-refractivity contribution in [1.29, 1.82) is 0 Å².